The number of hydrogen-bond donors (Lipinski definition) is 4. The maximum absolute atomic E-state index is 12.8. The number of anilines is 1. The minimum atomic E-state index is -1.37. The molecule has 1 saturated heterocycles. The minimum Gasteiger partial charge on any atom is -0.479 e. The van der Waals surface area contributed by atoms with Crippen molar-refractivity contribution in [3.8, 4) is 0 Å². The van der Waals surface area contributed by atoms with Crippen LogP contribution >= 0.6 is 23.1 Å². The highest BCUT2D eigenvalue weighted by molar-refractivity contribution is 8.00. The predicted octanol–water partition coefficient (Wildman–Crippen LogP) is -1.17. The summed E-state index contributed by atoms with van der Waals surface area (Å²) in [4.78, 5) is 68.5. The monoisotopic (exact) mass is 499 g/mol. The van der Waals surface area contributed by atoms with Crippen LogP contribution in [0.5, 0.6) is 0 Å². The number of carbonyl (C=O) groups excluding carboxylic acids is 3. The lowest BCUT2D eigenvalue weighted by Crippen LogP contribution is -2.71. The van der Waals surface area contributed by atoms with Gasteiger partial charge in [-0.3, -0.25) is 19.3 Å². The van der Waals surface area contributed by atoms with Gasteiger partial charge >= 0.3 is 17.9 Å². The Hall–Kier alpha value is -3.66. The summed E-state index contributed by atoms with van der Waals surface area (Å²) < 4.78 is 4.86. The van der Waals surface area contributed by atoms with Crippen LogP contribution < -0.4 is 11.1 Å². The zero-order valence-corrected chi connectivity index (χ0v) is 18.5. The first-order valence-electron chi connectivity index (χ1n) is 9.07. The Bertz CT molecular complexity index is 1080. The second-order valence-electron chi connectivity index (χ2n) is 6.58. The van der Waals surface area contributed by atoms with Crippen molar-refractivity contribution in [1.29, 1.82) is 0 Å². The lowest BCUT2D eigenvalue weighted by molar-refractivity contribution is -0.150. The molecule has 0 radical (unpaired) electrons. The smallest absolute Gasteiger partial charge is 0.352 e. The minimum absolute atomic E-state index is 0.00935. The molecule has 1 aromatic heterocycles. The second-order valence-corrected chi connectivity index (χ2v) is 8.57. The Morgan fingerprint density at radius 2 is 2.09 bits per heavy atom. The first-order valence-corrected chi connectivity index (χ1v) is 11.0. The van der Waals surface area contributed by atoms with Gasteiger partial charge in [-0.25, -0.2) is 14.6 Å². The lowest BCUT2D eigenvalue weighted by Gasteiger charge is -2.49. The molecule has 0 unspecified atom stereocenters. The van der Waals surface area contributed by atoms with Crippen molar-refractivity contribution < 1.29 is 43.8 Å². The van der Waals surface area contributed by atoms with Crippen molar-refractivity contribution in [3.05, 3.63) is 22.3 Å². The van der Waals surface area contributed by atoms with Crippen molar-refractivity contribution in [2.45, 2.75) is 18.3 Å². The van der Waals surface area contributed by atoms with Crippen LogP contribution in [0.15, 0.2) is 21.8 Å². The van der Waals surface area contributed by atoms with Crippen LogP contribution in [0, 0.1) is 0 Å². The van der Waals surface area contributed by atoms with Crippen LogP contribution in [-0.4, -0.2) is 85.9 Å². The molecule has 14 nitrogen and oxygen atoms in total. The normalized spacial score (nSPS) is 20.0. The van der Waals surface area contributed by atoms with Gasteiger partial charge in [-0.1, -0.05) is 5.16 Å². The fraction of sp³-hybridized carbons (Fsp3) is 0.353. The van der Waals surface area contributed by atoms with Crippen LogP contribution in [0.2, 0.25) is 0 Å². The number of nitrogens with one attached hydrogen (secondary N) is 1. The summed E-state index contributed by atoms with van der Waals surface area (Å²) >= 11 is 2.18. The standard InChI is InChI=1S/C17H17N5O9S2/c1-6(23)30-2-7-4-32-15-11(14(27)22(15)12(7)16(28)29)20-13(26)10(21-31-3-9(24)25)8-5-33-17(18)19-8/h5,11,15H,2-4H2,1H3,(H2,18,19)(H,20,26)(H,24,25)(H,28,29)/t11-,15-/m1/s1. The van der Waals surface area contributed by atoms with Crippen LogP contribution in [0.25, 0.3) is 0 Å². The number of carbonyl (C=O) groups is 5. The molecular weight excluding hydrogens is 482 g/mol. The first-order chi connectivity index (χ1) is 15.6. The zero-order chi connectivity index (χ0) is 24.3. The topological polar surface area (TPSA) is 211 Å². The molecule has 16 heteroatoms. The molecule has 33 heavy (non-hydrogen) atoms. The molecule has 0 aromatic carbocycles. The fourth-order valence-electron chi connectivity index (χ4n) is 2.95. The number of oxime groups is 1. The van der Waals surface area contributed by atoms with E-state index in [1.807, 2.05) is 0 Å². The van der Waals surface area contributed by atoms with E-state index in [-0.39, 0.29) is 34.5 Å². The van der Waals surface area contributed by atoms with E-state index in [0.717, 1.165) is 16.2 Å². The number of thiazole rings is 1. The maximum atomic E-state index is 12.8. The SMILES string of the molecule is CC(=O)OCC1=C(C(=O)O)N2C(=O)[C@@H](NC(=O)C(=NOCC(=O)O)c3csc(N)n3)[C@H]2SC1. The van der Waals surface area contributed by atoms with Crippen molar-refractivity contribution in [2.24, 2.45) is 5.16 Å². The number of thioether (sulfide) groups is 1. The molecule has 3 rings (SSSR count). The van der Waals surface area contributed by atoms with E-state index >= 15 is 0 Å². The molecule has 1 aromatic rings. The lowest BCUT2D eigenvalue weighted by atomic mass is 10.0. The Morgan fingerprint density at radius 1 is 1.36 bits per heavy atom. The number of ether oxygens (including phenoxy) is 1. The fourth-order valence-corrected chi connectivity index (χ4v) is 4.82. The largest absolute Gasteiger partial charge is 0.479 e. The summed E-state index contributed by atoms with van der Waals surface area (Å²) in [5, 5.41) is 25.0. The molecule has 3 heterocycles. The number of fused-ring (bicyclic) bond motifs is 1. The quantitative estimate of drug-likeness (QED) is 0.137. The van der Waals surface area contributed by atoms with Crippen LogP contribution in [0.1, 0.15) is 12.6 Å². The van der Waals surface area contributed by atoms with Gasteiger partial charge < -0.3 is 30.8 Å². The molecule has 0 saturated carbocycles. The molecule has 2 aliphatic rings. The number of carboxylic acid groups (broad SMARTS) is 2. The summed E-state index contributed by atoms with van der Waals surface area (Å²) in [6, 6.07) is -1.09. The third-order valence-corrected chi connectivity index (χ3v) is 6.32. The summed E-state index contributed by atoms with van der Waals surface area (Å²) in [5.74, 6) is -4.72. The molecular formula is C17H17N5O9S2. The third kappa shape index (κ3) is 5.23. The van der Waals surface area contributed by atoms with Gasteiger partial charge in [0.15, 0.2) is 10.8 Å². The number of aliphatic carboxylic acids is 2. The molecule has 2 amide bonds. The van der Waals surface area contributed by atoms with Gasteiger partial charge in [0.05, 0.1) is 0 Å². The third-order valence-electron chi connectivity index (χ3n) is 4.31. The number of amides is 2. The van der Waals surface area contributed by atoms with E-state index < -0.39 is 53.5 Å². The van der Waals surface area contributed by atoms with Crippen molar-refractivity contribution >= 4 is 63.7 Å². The highest BCUT2D eigenvalue weighted by atomic mass is 32.2. The summed E-state index contributed by atoms with van der Waals surface area (Å²) in [6.45, 7) is 0.0821. The summed E-state index contributed by atoms with van der Waals surface area (Å²) in [5.41, 5.74) is 5.12. The summed E-state index contributed by atoms with van der Waals surface area (Å²) in [6.07, 6.45) is 0. The Labute approximate surface area is 193 Å². The van der Waals surface area contributed by atoms with E-state index in [0.29, 0.717) is 0 Å². The number of nitrogen functional groups attached to an aromatic ring is 1. The number of carboxylic acids is 2. The maximum Gasteiger partial charge on any atom is 0.352 e. The molecule has 1 fully saturated rings. The summed E-state index contributed by atoms with van der Waals surface area (Å²) in [7, 11) is 0. The zero-order valence-electron chi connectivity index (χ0n) is 16.8. The Kier molecular flexibility index (Phi) is 7.17. The Morgan fingerprint density at radius 3 is 2.67 bits per heavy atom. The van der Waals surface area contributed by atoms with Gasteiger partial charge in [0, 0.05) is 23.6 Å². The highest BCUT2D eigenvalue weighted by Gasteiger charge is 2.54. The van der Waals surface area contributed by atoms with E-state index in [4.69, 9.17) is 15.6 Å². The van der Waals surface area contributed by atoms with Crippen molar-refractivity contribution in [1.82, 2.24) is 15.2 Å². The van der Waals surface area contributed by atoms with E-state index in [1.54, 1.807) is 0 Å². The number of nitrogens with two attached hydrogens (primary N) is 1. The van der Waals surface area contributed by atoms with Gasteiger partial charge in [0.2, 0.25) is 6.61 Å². The van der Waals surface area contributed by atoms with E-state index in [1.165, 1.54) is 24.1 Å². The number of rotatable bonds is 9. The highest BCUT2D eigenvalue weighted by Crippen LogP contribution is 2.40. The van der Waals surface area contributed by atoms with Crippen LogP contribution in [0.4, 0.5) is 5.13 Å². The van der Waals surface area contributed by atoms with Gasteiger partial charge in [-0.05, 0) is 0 Å². The van der Waals surface area contributed by atoms with Gasteiger partial charge in [-0.2, -0.15) is 0 Å². The molecule has 0 bridgehead atoms. The molecule has 0 aliphatic carbocycles. The number of esters is 1. The van der Waals surface area contributed by atoms with Crippen molar-refractivity contribution in [3.63, 3.8) is 0 Å². The second kappa shape index (κ2) is 9.86. The number of aromatic nitrogens is 1. The first kappa shape index (κ1) is 24.0. The van der Waals surface area contributed by atoms with E-state index in [2.05, 4.69) is 20.3 Å². The molecule has 176 valence electrons. The molecule has 2 aliphatic heterocycles. The van der Waals surface area contributed by atoms with E-state index in [9.17, 15) is 29.1 Å². The molecule has 2 atom stereocenters. The Balaban J connectivity index is 1.78. The van der Waals surface area contributed by atoms with Crippen molar-refractivity contribution in [2.75, 3.05) is 24.7 Å². The average molecular weight is 499 g/mol. The van der Waals surface area contributed by atoms with Gasteiger partial charge in [0.1, 0.15) is 29.4 Å². The molecule has 5 N–H and O–H groups in total. The predicted molar refractivity (Wildman–Crippen MR) is 113 cm³/mol. The molecule has 0 spiro atoms. The number of nitrogens with zero attached hydrogens (tertiary/aromatic N) is 3. The average Bonchev–Trinajstić information content (AvgIpc) is 3.17. The van der Waals surface area contributed by atoms with Crippen LogP contribution in [-0.2, 0) is 33.5 Å². The van der Waals surface area contributed by atoms with Gasteiger partial charge in [-0.15, -0.1) is 23.1 Å². The number of β-lactam (4-membered cyclic amide) rings is 1. The van der Waals surface area contributed by atoms with Gasteiger partial charge in [0.25, 0.3) is 11.8 Å². The van der Waals surface area contributed by atoms with Crippen LogP contribution in [0.3, 0.4) is 0 Å². The number of hydrogen-bond acceptors (Lipinski definition) is 12.